The molecule has 0 fully saturated rings. The average Bonchev–Trinajstić information content (AvgIpc) is 2.41. The van der Waals surface area contributed by atoms with E-state index in [4.69, 9.17) is 29.6 Å². The minimum Gasteiger partial charge on any atom is -0.389 e. The lowest BCUT2D eigenvalue weighted by molar-refractivity contribution is 0.102. The van der Waals surface area contributed by atoms with Gasteiger partial charge in [0.1, 0.15) is 4.99 Å². The van der Waals surface area contributed by atoms with E-state index < -0.39 is 0 Å². The number of carbonyl (C=O) groups excluding carboxylic acids is 1. The van der Waals surface area contributed by atoms with Crippen molar-refractivity contribution in [1.29, 1.82) is 0 Å². The number of halogens is 1. The average molecular weight is 292 g/mol. The summed E-state index contributed by atoms with van der Waals surface area (Å²) in [5.41, 5.74) is 6.67. The maximum Gasteiger partial charge on any atom is 0.256 e. The predicted molar refractivity (Wildman–Crippen MR) is 79.5 cm³/mol. The van der Waals surface area contributed by atoms with Gasteiger partial charge in [0, 0.05) is 17.3 Å². The number of nitrogens with one attached hydrogen (secondary N) is 1. The molecule has 1 amide bonds. The normalized spacial score (nSPS) is 9.95. The molecule has 0 unspecified atom stereocenters. The van der Waals surface area contributed by atoms with Crippen LogP contribution in [0.25, 0.3) is 0 Å². The second-order valence-corrected chi connectivity index (χ2v) is 4.58. The molecule has 0 atom stereocenters. The number of hydrogen-bond acceptors (Lipinski definition) is 3. The van der Waals surface area contributed by atoms with Crippen LogP contribution in [0.1, 0.15) is 15.9 Å². The second-order valence-electron chi connectivity index (χ2n) is 3.73. The summed E-state index contributed by atoms with van der Waals surface area (Å²) in [5, 5.41) is 3.01. The van der Waals surface area contributed by atoms with Crippen molar-refractivity contribution in [2.24, 2.45) is 5.73 Å². The van der Waals surface area contributed by atoms with Gasteiger partial charge in [0.2, 0.25) is 0 Å². The fraction of sp³-hybridized carbons (Fsp3) is 0. The van der Waals surface area contributed by atoms with Crippen LogP contribution in [-0.2, 0) is 0 Å². The van der Waals surface area contributed by atoms with E-state index in [0.29, 0.717) is 27.0 Å². The van der Waals surface area contributed by atoms with Crippen LogP contribution in [0.4, 0.5) is 5.82 Å². The van der Waals surface area contributed by atoms with Gasteiger partial charge in [-0.2, -0.15) is 0 Å². The molecule has 0 bridgehead atoms. The third-order valence-corrected chi connectivity index (χ3v) is 2.96. The Kier molecular flexibility index (Phi) is 4.09. The maximum atomic E-state index is 12.0. The fourth-order valence-corrected chi connectivity index (χ4v) is 1.75. The van der Waals surface area contributed by atoms with Crippen LogP contribution in [0.3, 0.4) is 0 Å². The van der Waals surface area contributed by atoms with Crippen LogP contribution in [0.5, 0.6) is 0 Å². The van der Waals surface area contributed by atoms with E-state index in [0.717, 1.165) is 0 Å². The van der Waals surface area contributed by atoms with E-state index in [-0.39, 0.29) is 5.91 Å². The molecule has 6 heteroatoms. The number of nitrogens with two attached hydrogens (primary N) is 1. The highest BCUT2D eigenvalue weighted by Crippen LogP contribution is 2.18. The molecule has 1 aromatic heterocycles. The molecule has 0 saturated carbocycles. The summed E-state index contributed by atoms with van der Waals surface area (Å²) in [6, 6.07) is 10.0. The van der Waals surface area contributed by atoms with Gasteiger partial charge in [0.15, 0.2) is 5.82 Å². The Bertz CT molecular complexity index is 628. The molecule has 2 aromatic rings. The van der Waals surface area contributed by atoms with Gasteiger partial charge in [-0.25, -0.2) is 4.98 Å². The van der Waals surface area contributed by atoms with Crippen molar-refractivity contribution in [1.82, 2.24) is 4.98 Å². The highest BCUT2D eigenvalue weighted by atomic mass is 35.5. The van der Waals surface area contributed by atoms with Crippen LogP contribution in [0, 0.1) is 0 Å². The first-order valence-electron chi connectivity index (χ1n) is 5.39. The summed E-state index contributed by atoms with van der Waals surface area (Å²) >= 11 is 10.8. The molecule has 0 aliphatic rings. The van der Waals surface area contributed by atoms with Crippen molar-refractivity contribution in [3.8, 4) is 0 Å². The fourth-order valence-electron chi connectivity index (χ4n) is 1.44. The molecule has 1 aromatic carbocycles. The quantitative estimate of drug-likeness (QED) is 0.853. The van der Waals surface area contributed by atoms with E-state index in [1.165, 1.54) is 0 Å². The van der Waals surface area contributed by atoms with Crippen LogP contribution < -0.4 is 11.1 Å². The Balaban J connectivity index is 2.16. The summed E-state index contributed by atoms with van der Waals surface area (Å²) < 4.78 is 0. The van der Waals surface area contributed by atoms with Crippen LogP contribution in [-0.4, -0.2) is 15.9 Å². The minimum absolute atomic E-state index is 0.291. The summed E-state index contributed by atoms with van der Waals surface area (Å²) in [4.78, 5) is 16.2. The number of anilines is 1. The minimum atomic E-state index is -0.296. The molecule has 1 heterocycles. The van der Waals surface area contributed by atoms with Gasteiger partial charge >= 0.3 is 0 Å². The van der Waals surface area contributed by atoms with E-state index in [1.807, 2.05) is 0 Å². The number of thiocarbonyl (C=S) groups is 1. The SMILES string of the molecule is NC(=S)c1ccc(C(=O)Nc2ncccc2Cl)cc1. The van der Waals surface area contributed by atoms with E-state index >= 15 is 0 Å². The van der Waals surface area contributed by atoms with Gasteiger partial charge in [-0.1, -0.05) is 36.0 Å². The Morgan fingerprint density at radius 2 is 1.84 bits per heavy atom. The third-order valence-electron chi connectivity index (χ3n) is 2.42. The molecule has 0 spiro atoms. The highest BCUT2D eigenvalue weighted by Gasteiger charge is 2.09. The first kappa shape index (κ1) is 13.5. The Labute approximate surface area is 120 Å². The van der Waals surface area contributed by atoms with Crippen LogP contribution >= 0.6 is 23.8 Å². The first-order chi connectivity index (χ1) is 9.08. The largest absolute Gasteiger partial charge is 0.389 e. The summed E-state index contributed by atoms with van der Waals surface area (Å²) in [5.74, 6) is 0.0303. The molecule has 2 rings (SSSR count). The number of rotatable bonds is 3. The lowest BCUT2D eigenvalue weighted by atomic mass is 10.1. The molecule has 0 aliphatic carbocycles. The van der Waals surface area contributed by atoms with Crippen molar-refractivity contribution in [3.63, 3.8) is 0 Å². The Morgan fingerprint density at radius 1 is 1.21 bits per heavy atom. The van der Waals surface area contributed by atoms with Gasteiger partial charge in [0.05, 0.1) is 5.02 Å². The molecule has 0 radical (unpaired) electrons. The number of amides is 1. The van der Waals surface area contributed by atoms with Crippen molar-refractivity contribution in [2.45, 2.75) is 0 Å². The maximum absolute atomic E-state index is 12.0. The van der Waals surface area contributed by atoms with Crippen molar-refractivity contribution in [3.05, 3.63) is 58.7 Å². The van der Waals surface area contributed by atoms with Crippen molar-refractivity contribution < 1.29 is 4.79 Å². The summed E-state index contributed by atoms with van der Waals surface area (Å²) in [6.07, 6.45) is 1.55. The summed E-state index contributed by atoms with van der Waals surface area (Å²) in [6.45, 7) is 0. The van der Waals surface area contributed by atoms with Gasteiger partial charge in [-0.15, -0.1) is 0 Å². The van der Waals surface area contributed by atoms with Gasteiger partial charge in [0.25, 0.3) is 5.91 Å². The number of hydrogen-bond donors (Lipinski definition) is 2. The second kappa shape index (κ2) is 5.77. The summed E-state index contributed by atoms with van der Waals surface area (Å²) in [7, 11) is 0. The van der Waals surface area contributed by atoms with Crippen molar-refractivity contribution in [2.75, 3.05) is 5.32 Å². The molecule has 96 valence electrons. The van der Waals surface area contributed by atoms with Crippen molar-refractivity contribution >= 4 is 40.5 Å². The zero-order valence-electron chi connectivity index (χ0n) is 9.76. The van der Waals surface area contributed by atoms with Crippen LogP contribution in [0.15, 0.2) is 42.6 Å². The zero-order chi connectivity index (χ0) is 13.8. The predicted octanol–water partition coefficient (Wildman–Crippen LogP) is 2.62. The number of carbonyl (C=O) groups is 1. The Morgan fingerprint density at radius 3 is 2.42 bits per heavy atom. The highest BCUT2D eigenvalue weighted by molar-refractivity contribution is 7.80. The number of nitrogens with zero attached hydrogens (tertiary/aromatic N) is 1. The zero-order valence-corrected chi connectivity index (χ0v) is 11.3. The van der Waals surface area contributed by atoms with E-state index in [1.54, 1.807) is 42.6 Å². The molecule has 19 heavy (non-hydrogen) atoms. The third kappa shape index (κ3) is 3.27. The standard InChI is InChI=1S/C13H10ClN3OS/c14-10-2-1-7-16-12(10)17-13(18)9-5-3-8(4-6-9)11(15)19/h1-7H,(H2,15,19)(H,16,17,18). The van der Waals surface area contributed by atoms with E-state index in [2.05, 4.69) is 10.3 Å². The first-order valence-corrected chi connectivity index (χ1v) is 6.18. The molecule has 3 N–H and O–H groups in total. The number of pyridine rings is 1. The van der Waals surface area contributed by atoms with Gasteiger partial charge < -0.3 is 11.1 Å². The Hall–Kier alpha value is -1.98. The van der Waals surface area contributed by atoms with Gasteiger partial charge in [-0.3, -0.25) is 4.79 Å². The van der Waals surface area contributed by atoms with Crippen LogP contribution in [0.2, 0.25) is 5.02 Å². The molecule has 4 nitrogen and oxygen atoms in total. The molecule has 0 aliphatic heterocycles. The van der Waals surface area contributed by atoms with Gasteiger partial charge in [-0.05, 0) is 24.3 Å². The number of aromatic nitrogens is 1. The topological polar surface area (TPSA) is 68.0 Å². The lowest BCUT2D eigenvalue weighted by Crippen LogP contribution is -2.14. The lowest BCUT2D eigenvalue weighted by Gasteiger charge is -2.06. The molecule has 0 saturated heterocycles. The molecular weight excluding hydrogens is 282 g/mol. The smallest absolute Gasteiger partial charge is 0.256 e. The number of benzene rings is 1. The van der Waals surface area contributed by atoms with E-state index in [9.17, 15) is 4.79 Å². The monoisotopic (exact) mass is 291 g/mol. The molecular formula is C13H10ClN3OS.